The van der Waals surface area contributed by atoms with Crippen LogP contribution in [0.4, 0.5) is 0 Å². The molecule has 18 aromatic rings. The fraction of sp³-hybridized carbons (Fsp3) is 0.0267. The van der Waals surface area contributed by atoms with Crippen molar-refractivity contribution in [3.05, 3.63) is 253 Å². The highest BCUT2D eigenvalue weighted by Crippen LogP contribution is 2.54. The van der Waals surface area contributed by atoms with Crippen molar-refractivity contribution in [2.24, 2.45) is 0 Å². The van der Waals surface area contributed by atoms with E-state index in [1.54, 1.807) is 0 Å². The predicted octanol–water partition coefficient (Wildman–Crippen LogP) is 21.0. The monoisotopic (exact) mass is 1080 g/mol. The van der Waals surface area contributed by atoms with Crippen molar-refractivity contribution in [3.8, 4) is 39.9 Å². The van der Waals surface area contributed by atoms with Gasteiger partial charge in [0.2, 0.25) is 0 Å². The van der Waals surface area contributed by atoms with Gasteiger partial charge in [-0.2, -0.15) is 5.26 Å². The average molecular weight is 1080 g/mol. The Morgan fingerprint density at radius 2 is 0.634 bits per heavy atom. The Morgan fingerprint density at radius 1 is 0.305 bits per heavy atom. The number of nitrogens with zero attached hydrogens (tertiary/aromatic N) is 5. The van der Waals surface area contributed by atoms with E-state index in [9.17, 15) is 5.26 Å². The summed E-state index contributed by atoms with van der Waals surface area (Å²) in [6.07, 6.45) is 0. The lowest BCUT2D eigenvalue weighted by Crippen LogP contribution is -2.16. The largest absolute Gasteiger partial charge is 0.306 e. The fourth-order valence-corrected chi connectivity index (χ4v) is 16.6. The first kappa shape index (κ1) is 45.6. The number of aryl methyl sites for hydroxylation is 2. The molecule has 0 amide bonds. The molecule has 7 heteroatoms. The summed E-state index contributed by atoms with van der Waals surface area (Å²) in [5, 5.41) is 27.2. The smallest absolute Gasteiger partial charge is 0.104 e. The molecule has 18 rings (SSSR count). The number of hydrogen-bond acceptors (Lipinski definition) is 3. The second-order valence-corrected chi connectivity index (χ2v) is 24.0. The topological polar surface area (TPSA) is 43.5 Å². The fourth-order valence-electron chi connectivity index (χ4n) is 14.1. The number of nitriles is 1. The standard InChI is InChI=1S/C75H45N5S2/c1-43-35-36-45(41-44(43)2)67-72(77-59-27-11-3-19-46(59)47-20-4-12-28-60(47)77)68(79-63-31-15-7-23-50(63)54-37-39-56-52-25-9-17-33-65(52)81-74(56)70(54)79)58(42-76)69(73(67)78-61-29-13-5-21-48(61)49-22-6-14-30-62(49)78)80-64-32-16-8-24-51(64)55-38-40-57-53-26-10-18-34-66(53)82-75(57)71(55)80/h3-41H,1-2H3. The molecule has 82 heavy (non-hydrogen) atoms. The number of thiophene rings is 2. The molecule has 0 saturated carbocycles. The van der Waals surface area contributed by atoms with Gasteiger partial charge < -0.3 is 18.3 Å². The van der Waals surface area contributed by atoms with Gasteiger partial charge in [0.15, 0.2) is 0 Å². The molecular weight excluding hydrogens is 1030 g/mol. The van der Waals surface area contributed by atoms with Crippen LogP contribution in [0.25, 0.3) is 161 Å². The Bertz CT molecular complexity index is 5450. The van der Waals surface area contributed by atoms with Crippen molar-refractivity contribution in [3.63, 3.8) is 0 Å². The summed E-state index contributed by atoms with van der Waals surface area (Å²) in [7, 11) is 0. The number of benzene rings is 12. The molecule has 0 unspecified atom stereocenters. The van der Waals surface area contributed by atoms with Crippen LogP contribution in [-0.2, 0) is 0 Å². The molecule has 0 saturated heterocycles. The Balaban J connectivity index is 1.21. The van der Waals surface area contributed by atoms with Gasteiger partial charge in [0.05, 0.1) is 76.3 Å². The van der Waals surface area contributed by atoms with Crippen molar-refractivity contribution < 1.29 is 0 Å². The highest BCUT2D eigenvalue weighted by molar-refractivity contribution is 7.27. The van der Waals surface area contributed by atoms with E-state index < -0.39 is 0 Å². The van der Waals surface area contributed by atoms with Crippen LogP contribution in [0.3, 0.4) is 0 Å². The molecule has 0 aliphatic heterocycles. The minimum absolute atomic E-state index is 0.558. The van der Waals surface area contributed by atoms with E-state index in [-0.39, 0.29) is 0 Å². The van der Waals surface area contributed by atoms with Crippen LogP contribution in [0.2, 0.25) is 0 Å². The maximum absolute atomic E-state index is 13.3. The quantitative estimate of drug-likeness (QED) is 0.169. The zero-order chi connectivity index (χ0) is 54.1. The normalized spacial score (nSPS) is 12.3. The van der Waals surface area contributed by atoms with Gasteiger partial charge in [0, 0.05) is 79.6 Å². The van der Waals surface area contributed by atoms with Crippen molar-refractivity contribution in [2.75, 3.05) is 0 Å². The molecule has 12 aromatic carbocycles. The Morgan fingerprint density at radius 3 is 1.01 bits per heavy atom. The summed E-state index contributed by atoms with van der Waals surface area (Å²) in [5.74, 6) is 0. The van der Waals surface area contributed by atoms with Gasteiger partial charge >= 0.3 is 0 Å². The van der Waals surface area contributed by atoms with Crippen LogP contribution in [0.5, 0.6) is 0 Å². The van der Waals surface area contributed by atoms with Gasteiger partial charge in [-0.15, -0.1) is 22.7 Å². The van der Waals surface area contributed by atoms with Crippen molar-refractivity contribution in [2.45, 2.75) is 13.8 Å². The third kappa shape index (κ3) is 5.99. The molecule has 0 fully saturated rings. The number of para-hydroxylation sites is 6. The number of aromatic nitrogens is 4. The molecule has 382 valence electrons. The number of hydrogen-bond donors (Lipinski definition) is 0. The number of fused-ring (bicyclic) bond motifs is 20. The van der Waals surface area contributed by atoms with Gasteiger partial charge in [-0.1, -0.05) is 188 Å². The van der Waals surface area contributed by atoms with Gasteiger partial charge in [-0.05, 0) is 79.1 Å². The van der Waals surface area contributed by atoms with Gasteiger partial charge in [-0.3, -0.25) is 0 Å². The Hall–Kier alpha value is -10.2. The van der Waals surface area contributed by atoms with Crippen LogP contribution in [-0.4, -0.2) is 18.3 Å². The molecule has 0 N–H and O–H groups in total. The molecule has 0 bridgehead atoms. The summed E-state index contributed by atoms with van der Waals surface area (Å²) < 4.78 is 14.8. The highest BCUT2D eigenvalue weighted by atomic mass is 32.1. The highest BCUT2D eigenvalue weighted by Gasteiger charge is 2.36. The predicted molar refractivity (Wildman–Crippen MR) is 349 cm³/mol. The third-order valence-electron chi connectivity index (χ3n) is 17.7. The lowest BCUT2D eigenvalue weighted by molar-refractivity contribution is 1.04. The lowest BCUT2D eigenvalue weighted by Gasteiger charge is -2.29. The second kappa shape index (κ2) is 16.9. The SMILES string of the molecule is Cc1ccc(-c2c(-n3c4ccccc4c4ccccc43)c(-n3c4ccccc4c4ccc5c6ccccc6sc5c43)c(C#N)c(-n3c4ccccc4c4ccc5c6ccccc6sc5c43)c2-n2c3ccccc3c3ccccc32)cc1C. The van der Waals surface area contributed by atoms with E-state index in [2.05, 4.69) is 275 Å². The molecular formula is C75H45N5S2. The van der Waals surface area contributed by atoms with E-state index in [0.29, 0.717) is 5.56 Å². The van der Waals surface area contributed by atoms with E-state index >= 15 is 0 Å². The van der Waals surface area contributed by atoms with E-state index in [1.807, 2.05) is 22.7 Å². The minimum atomic E-state index is 0.558. The Kier molecular flexibility index (Phi) is 9.40. The maximum Gasteiger partial charge on any atom is 0.104 e. The number of rotatable bonds is 5. The average Bonchev–Trinajstić information content (AvgIpc) is 3.69. The molecule has 0 atom stereocenters. The van der Waals surface area contributed by atoms with Crippen LogP contribution in [0.1, 0.15) is 16.7 Å². The molecule has 0 radical (unpaired) electrons. The summed E-state index contributed by atoms with van der Waals surface area (Å²) >= 11 is 3.67. The molecule has 0 aliphatic carbocycles. The van der Waals surface area contributed by atoms with Crippen LogP contribution >= 0.6 is 22.7 Å². The second-order valence-electron chi connectivity index (χ2n) is 21.9. The van der Waals surface area contributed by atoms with Crippen molar-refractivity contribution in [1.29, 1.82) is 5.26 Å². The van der Waals surface area contributed by atoms with Crippen LogP contribution in [0, 0.1) is 25.2 Å². The van der Waals surface area contributed by atoms with Gasteiger partial charge in [0.1, 0.15) is 11.6 Å². The molecule has 6 heterocycles. The van der Waals surface area contributed by atoms with Gasteiger partial charge in [0.25, 0.3) is 0 Å². The first-order valence-electron chi connectivity index (χ1n) is 27.9. The van der Waals surface area contributed by atoms with Crippen LogP contribution in [0.15, 0.2) is 237 Å². The van der Waals surface area contributed by atoms with Crippen molar-refractivity contribution in [1.82, 2.24) is 18.3 Å². The van der Waals surface area contributed by atoms with Crippen LogP contribution < -0.4 is 0 Å². The minimum Gasteiger partial charge on any atom is -0.306 e. The molecule has 6 aromatic heterocycles. The summed E-state index contributed by atoms with van der Waals surface area (Å²) in [6, 6.07) is 90.1. The first-order chi connectivity index (χ1) is 40.5. The van der Waals surface area contributed by atoms with E-state index in [1.165, 1.54) is 51.5 Å². The van der Waals surface area contributed by atoms with E-state index in [0.717, 1.165) is 121 Å². The van der Waals surface area contributed by atoms with E-state index in [4.69, 9.17) is 0 Å². The Labute approximate surface area is 477 Å². The van der Waals surface area contributed by atoms with Crippen molar-refractivity contribution >= 4 is 150 Å². The third-order valence-corrected chi connectivity index (χ3v) is 20.1. The zero-order valence-electron chi connectivity index (χ0n) is 44.6. The molecule has 5 nitrogen and oxygen atoms in total. The lowest BCUT2D eigenvalue weighted by atomic mass is 9.92. The maximum atomic E-state index is 13.3. The summed E-state index contributed by atoms with van der Waals surface area (Å²) in [6.45, 7) is 4.44. The summed E-state index contributed by atoms with van der Waals surface area (Å²) in [5.41, 5.74) is 16.9. The molecule has 0 aliphatic rings. The first-order valence-corrected chi connectivity index (χ1v) is 29.5. The zero-order valence-corrected chi connectivity index (χ0v) is 46.2. The summed E-state index contributed by atoms with van der Waals surface area (Å²) in [4.78, 5) is 0. The molecule has 0 spiro atoms. The van der Waals surface area contributed by atoms with Gasteiger partial charge in [-0.25, -0.2) is 0 Å².